The lowest BCUT2D eigenvalue weighted by molar-refractivity contribution is -0.114. The number of aromatic amines is 1. The number of aliphatic imine (C=N–C) groups is 1. The zero-order valence-corrected chi connectivity index (χ0v) is 27.5. The van der Waals surface area contributed by atoms with Gasteiger partial charge in [-0.1, -0.05) is 0 Å². The van der Waals surface area contributed by atoms with Gasteiger partial charge in [0.05, 0.1) is 22.4 Å². The van der Waals surface area contributed by atoms with E-state index in [-0.39, 0.29) is 36.7 Å². The number of benzene rings is 2. The molecule has 2 heterocycles. The van der Waals surface area contributed by atoms with Crippen molar-refractivity contribution in [2.75, 3.05) is 59.6 Å². The van der Waals surface area contributed by atoms with Crippen LogP contribution in [0.4, 0.5) is 17.1 Å². The third-order valence-electron chi connectivity index (χ3n) is 6.92. The summed E-state index contributed by atoms with van der Waals surface area (Å²) in [5.41, 5.74) is 15.4. The van der Waals surface area contributed by atoms with Crippen molar-refractivity contribution in [3.05, 3.63) is 60.3 Å². The van der Waals surface area contributed by atoms with Gasteiger partial charge in [0, 0.05) is 68.1 Å². The minimum absolute atomic E-state index is 0. The largest absolute Gasteiger partial charge is 0.370 e. The average molecular weight is 692 g/mol. The highest BCUT2D eigenvalue weighted by molar-refractivity contribution is 6.18. The maximum atomic E-state index is 12.9. The SMILES string of the molecule is Cl.Cn1cc(NC(=O)CN=C(N)N)cc1-c1nc2ccc(C(=O)NCCCN(C=O)c3ccc(N(CCCl)CCCl)cc3)cc2[nH]1. The first-order valence-electron chi connectivity index (χ1n) is 14.2. The molecule has 0 unspecified atom stereocenters. The lowest BCUT2D eigenvalue weighted by atomic mass is 10.2. The highest BCUT2D eigenvalue weighted by Gasteiger charge is 2.14. The Labute approximate surface area is 282 Å². The Balaban J connectivity index is 0.00000576. The van der Waals surface area contributed by atoms with Gasteiger partial charge in [0.2, 0.25) is 12.3 Å². The van der Waals surface area contributed by atoms with Crippen LogP contribution in [0.25, 0.3) is 22.6 Å². The van der Waals surface area contributed by atoms with E-state index >= 15 is 0 Å². The quantitative estimate of drug-likeness (QED) is 0.0393. The van der Waals surface area contributed by atoms with E-state index in [1.54, 1.807) is 35.4 Å². The Hall–Kier alpha value is -4.46. The van der Waals surface area contributed by atoms with Gasteiger partial charge in [-0.3, -0.25) is 14.4 Å². The summed E-state index contributed by atoms with van der Waals surface area (Å²) in [6.07, 6.45) is 3.09. The van der Waals surface area contributed by atoms with Crippen molar-refractivity contribution in [1.29, 1.82) is 0 Å². The molecule has 0 bridgehead atoms. The third kappa shape index (κ3) is 9.52. The molecule has 0 aliphatic rings. The molecule has 0 radical (unpaired) electrons. The summed E-state index contributed by atoms with van der Waals surface area (Å²) in [6.45, 7) is 1.99. The smallest absolute Gasteiger partial charge is 0.251 e. The zero-order chi connectivity index (χ0) is 32.3. The number of nitrogens with zero attached hydrogens (tertiary/aromatic N) is 5. The van der Waals surface area contributed by atoms with Crippen LogP contribution in [-0.2, 0) is 16.6 Å². The molecule has 46 heavy (non-hydrogen) atoms. The van der Waals surface area contributed by atoms with Crippen LogP contribution in [0.2, 0.25) is 0 Å². The van der Waals surface area contributed by atoms with E-state index in [1.807, 2.05) is 35.9 Å². The number of nitrogens with one attached hydrogen (secondary N) is 3. The molecule has 4 rings (SSSR count). The molecule has 4 aromatic rings. The fraction of sp³-hybridized carbons (Fsp3) is 0.300. The monoisotopic (exact) mass is 690 g/mol. The molecule has 0 saturated heterocycles. The molecule has 0 spiro atoms. The van der Waals surface area contributed by atoms with E-state index in [0.717, 1.165) is 23.5 Å². The van der Waals surface area contributed by atoms with Gasteiger partial charge in [-0.05, 0) is 55.0 Å². The second-order valence-corrected chi connectivity index (χ2v) is 10.9. The number of anilines is 3. The molecule has 0 saturated carbocycles. The Bertz CT molecular complexity index is 1650. The number of imidazole rings is 1. The predicted octanol–water partition coefficient (Wildman–Crippen LogP) is 3.27. The number of rotatable bonds is 16. The van der Waals surface area contributed by atoms with Gasteiger partial charge < -0.3 is 41.5 Å². The lowest BCUT2D eigenvalue weighted by Crippen LogP contribution is -2.29. The first kappa shape index (κ1) is 36.0. The standard InChI is InChI=1S/C30H36Cl2N10O3.ClH/c1-40-18-21(37-27(44)17-36-30(33)34)16-26(40)28-38-24-8-3-20(15-25(24)39-28)29(45)35-11-2-12-42(19-43)23-6-4-22(5-7-23)41(13-9-31)14-10-32;/h3-8,15-16,18-19H,2,9-14,17H2,1H3,(H,35,45)(H,37,44)(H,38,39)(H4,33,34,36);1H. The number of carbonyl (C=O) groups is 3. The third-order valence-corrected chi connectivity index (χ3v) is 7.26. The molecule has 2 aromatic heterocycles. The van der Waals surface area contributed by atoms with E-state index in [0.29, 0.717) is 72.5 Å². The zero-order valence-electron chi connectivity index (χ0n) is 25.2. The van der Waals surface area contributed by atoms with E-state index in [4.69, 9.17) is 34.7 Å². The molecule has 0 aliphatic carbocycles. The van der Waals surface area contributed by atoms with Crippen LogP contribution in [0.1, 0.15) is 16.8 Å². The number of nitrogens with two attached hydrogens (primary N) is 2. The fourth-order valence-corrected chi connectivity index (χ4v) is 5.14. The van der Waals surface area contributed by atoms with Gasteiger partial charge in [0.15, 0.2) is 11.8 Å². The van der Waals surface area contributed by atoms with Crippen LogP contribution in [0.3, 0.4) is 0 Å². The van der Waals surface area contributed by atoms with Crippen molar-refractivity contribution in [2.24, 2.45) is 23.5 Å². The molecule has 13 nitrogen and oxygen atoms in total. The van der Waals surface area contributed by atoms with Crippen LogP contribution >= 0.6 is 35.6 Å². The molecule has 0 fully saturated rings. The predicted molar refractivity (Wildman–Crippen MR) is 188 cm³/mol. The molecule has 7 N–H and O–H groups in total. The normalized spacial score (nSPS) is 10.6. The molecule has 2 aromatic carbocycles. The number of H-pyrrole nitrogens is 1. The van der Waals surface area contributed by atoms with E-state index in [9.17, 15) is 14.4 Å². The number of hydrogen-bond acceptors (Lipinski definition) is 6. The highest BCUT2D eigenvalue weighted by Crippen LogP contribution is 2.25. The number of halogens is 3. The minimum atomic E-state index is -0.359. The second kappa shape index (κ2) is 17.3. The van der Waals surface area contributed by atoms with Gasteiger partial charge in [0.25, 0.3) is 5.91 Å². The van der Waals surface area contributed by atoms with Crippen molar-refractivity contribution < 1.29 is 14.4 Å². The lowest BCUT2D eigenvalue weighted by Gasteiger charge is -2.24. The van der Waals surface area contributed by atoms with Crippen LogP contribution in [0.5, 0.6) is 0 Å². The highest BCUT2D eigenvalue weighted by atomic mass is 35.5. The number of hydrogen-bond donors (Lipinski definition) is 5. The summed E-state index contributed by atoms with van der Waals surface area (Å²) in [4.78, 5) is 52.0. The first-order chi connectivity index (χ1) is 21.7. The van der Waals surface area contributed by atoms with Gasteiger partial charge in [-0.25, -0.2) is 9.98 Å². The van der Waals surface area contributed by atoms with Gasteiger partial charge in [-0.2, -0.15) is 0 Å². The van der Waals surface area contributed by atoms with Crippen molar-refractivity contribution in [3.63, 3.8) is 0 Å². The van der Waals surface area contributed by atoms with Crippen molar-refractivity contribution in [1.82, 2.24) is 19.9 Å². The number of amides is 3. The second-order valence-electron chi connectivity index (χ2n) is 10.1. The average Bonchev–Trinajstić information content (AvgIpc) is 3.62. The van der Waals surface area contributed by atoms with Crippen LogP contribution in [0, 0.1) is 0 Å². The summed E-state index contributed by atoms with van der Waals surface area (Å²) in [6, 6.07) is 14.6. The molecule has 246 valence electrons. The number of carbonyl (C=O) groups excluding carboxylic acids is 3. The van der Waals surface area contributed by atoms with Gasteiger partial charge in [0.1, 0.15) is 6.54 Å². The van der Waals surface area contributed by atoms with Crippen molar-refractivity contribution in [2.45, 2.75) is 6.42 Å². The molecule has 3 amide bonds. The summed E-state index contributed by atoms with van der Waals surface area (Å²) >= 11 is 11.8. The minimum Gasteiger partial charge on any atom is -0.370 e. The van der Waals surface area contributed by atoms with Crippen LogP contribution in [0.15, 0.2) is 59.7 Å². The Kier molecular flexibility index (Phi) is 13.5. The topological polar surface area (TPSA) is 180 Å². The first-order valence-corrected chi connectivity index (χ1v) is 15.3. The fourth-order valence-electron chi connectivity index (χ4n) is 4.73. The molecule has 16 heteroatoms. The maximum absolute atomic E-state index is 12.9. The number of alkyl halides is 2. The summed E-state index contributed by atoms with van der Waals surface area (Å²) in [5.74, 6) is 0.791. The number of aromatic nitrogens is 3. The summed E-state index contributed by atoms with van der Waals surface area (Å²) in [7, 11) is 1.83. The van der Waals surface area contributed by atoms with Crippen LogP contribution in [-0.4, -0.2) is 83.2 Å². The van der Waals surface area contributed by atoms with Crippen molar-refractivity contribution in [3.8, 4) is 11.5 Å². The molecular formula is C30H37Cl3N10O3. The Morgan fingerprint density at radius 3 is 2.39 bits per heavy atom. The van der Waals surface area contributed by atoms with E-state index < -0.39 is 0 Å². The maximum Gasteiger partial charge on any atom is 0.251 e. The number of guanidine groups is 1. The number of aryl methyl sites for hydroxylation is 1. The summed E-state index contributed by atoms with van der Waals surface area (Å²) in [5, 5.41) is 5.66. The van der Waals surface area contributed by atoms with Gasteiger partial charge in [-0.15, -0.1) is 35.6 Å². The van der Waals surface area contributed by atoms with Gasteiger partial charge >= 0.3 is 0 Å². The Morgan fingerprint density at radius 1 is 1.04 bits per heavy atom. The summed E-state index contributed by atoms with van der Waals surface area (Å²) < 4.78 is 1.82. The molecule has 0 aliphatic heterocycles. The molecule has 0 atom stereocenters. The number of fused-ring (bicyclic) bond motifs is 1. The molecular weight excluding hydrogens is 655 g/mol. The van der Waals surface area contributed by atoms with Crippen molar-refractivity contribution >= 4 is 87.9 Å². The van der Waals surface area contributed by atoms with E-state index in [1.165, 1.54) is 0 Å². The Morgan fingerprint density at radius 2 is 1.74 bits per heavy atom. The van der Waals surface area contributed by atoms with Crippen LogP contribution < -0.4 is 31.9 Å². The van der Waals surface area contributed by atoms with E-state index in [2.05, 4.69) is 30.5 Å².